The molecule has 6 nitrogen and oxygen atoms in total. The first-order valence-corrected chi connectivity index (χ1v) is 7.04. The highest BCUT2D eigenvalue weighted by Gasteiger charge is 2.12. The summed E-state index contributed by atoms with van der Waals surface area (Å²) in [5.74, 6) is 0. The quantitative estimate of drug-likeness (QED) is 0.416. The molecule has 1 aromatic heterocycles. The molecule has 0 radical (unpaired) electrons. The van der Waals surface area contributed by atoms with Crippen LogP contribution in [-0.2, 0) is 6.54 Å². The maximum absolute atomic E-state index is 12.8. The van der Waals surface area contributed by atoms with Gasteiger partial charge in [-0.2, -0.15) is 5.10 Å². The van der Waals surface area contributed by atoms with E-state index in [1.165, 1.54) is 10.9 Å². The fourth-order valence-corrected chi connectivity index (χ4v) is 2.35. The summed E-state index contributed by atoms with van der Waals surface area (Å²) in [6, 6.07) is 18.7. The standard InChI is InChI=1S/C17H13N5O/c18-21-20-15-11-19-22(12-13-7-3-1-4-8-13)17(23)16(15)14-9-5-2-6-10-14/h1-11H,12H2. The summed E-state index contributed by atoms with van der Waals surface area (Å²) < 4.78 is 1.37. The van der Waals surface area contributed by atoms with Crippen molar-refractivity contribution in [3.05, 3.63) is 93.2 Å². The second-order valence-electron chi connectivity index (χ2n) is 4.91. The first-order chi connectivity index (χ1) is 11.3. The normalized spacial score (nSPS) is 10.1. The average Bonchev–Trinajstić information content (AvgIpc) is 2.59. The Labute approximate surface area is 132 Å². The monoisotopic (exact) mass is 303 g/mol. The van der Waals surface area contributed by atoms with E-state index in [2.05, 4.69) is 15.1 Å². The molecule has 1 heterocycles. The van der Waals surface area contributed by atoms with E-state index in [9.17, 15) is 4.79 Å². The van der Waals surface area contributed by atoms with Gasteiger partial charge in [-0.05, 0) is 16.7 Å². The molecule has 0 atom stereocenters. The van der Waals surface area contributed by atoms with Crippen LogP contribution < -0.4 is 5.56 Å². The van der Waals surface area contributed by atoms with Crippen LogP contribution in [-0.4, -0.2) is 9.78 Å². The van der Waals surface area contributed by atoms with E-state index in [-0.39, 0.29) is 11.2 Å². The predicted octanol–water partition coefficient (Wildman–Crippen LogP) is 3.90. The summed E-state index contributed by atoms with van der Waals surface area (Å²) in [7, 11) is 0. The van der Waals surface area contributed by atoms with E-state index in [4.69, 9.17) is 5.53 Å². The van der Waals surface area contributed by atoms with Crippen LogP contribution in [0.5, 0.6) is 0 Å². The van der Waals surface area contributed by atoms with Crippen LogP contribution in [0.4, 0.5) is 5.69 Å². The van der Waals surface area contributed by atoms with E-state index in [0.717, 1.165) is 5.56 Å². The molecular formula is C17H13N5O. The van der Waals surface area contributed by atoms with Gasteiger partial charge < -0.3 is 0 Å². The van der Waals surface area contributed by atoms with Crippen molar-refractivity contribution >= 4 is 5.69 Å². The minimum absolute atomic E-state index is 0.230. The van der Waals surface area contributed by atoms with Crippen molar-refractivity contribution < 1.29 is 0 Å². The zero-order valence-corrected chi connectivity index (χ0v) is 12.2. The molecule has 0 fully saturated rings. The Morgan fingerprint density at radius 2 is 1.70 bits per heavy atom. The van der Waals surface area contributed by atoms with Gasteiger partial charge in [0.1, 0.15) is 0 Å². The van der Waals surface area contributed by atoms with E-state index < -0.39 is 0 Å². The second kappa shape index (κ2) is 6.60. The third kappa shape index (κ3) is 3.12. The van der Waals surface area contributed by atoms with Gasteiger partial charge >= 0.3 is 0 Å². The highest BCUT2D eigenvalue weighted by Crippen LogP contribution is 2.25. The van der Waals surface area contributed by atoms with Crippen LogP contribution in [0.2, 0.25) is 0 Å². The summed E-state index contributed by atoms with van der Waals surface area (Å²) in [5.41, 5.74) is 10.7. The third-order valence-corrected chi connectivity index (χ3v) is 3.41. The number of rotatable bonds is 4. The van der Waals surface area contributed by atoms with Crippen molar-refractivity contribution in [1.82, 2.24) is 9.78 Å². The zero-order valence-electron chi connectivity index (χ0n) is 12.2. The Morgan fingerprint density at radius 1 is 1.04 bits per heavy atom. The fourth-order valence-electron chi connectivity index (χ4n) is 2.35. The Hall–Kier alpha value is -3.37. The lowest BCUT2D eigenvalue weighted by Gasteiger charge is -2.09. The molecule has 0 spiro atoms. The molecular weight excluding hydrogens is 290 g/mol. The van der Waals surface area contributed by atoms with E-state index >= 15 is 0 Å². The molecule has 6 heteroatoms. The molecule has 0 N–H and O–H groups in total. The summed E-state index contributed by atoms with van der Waals surface area (Å²) in [6.45, 7) is 0.357. The highest BCUT2D eigenvalue weighted by atomic mass is 16.1. The summed E-state index contributed by atoms with van der Waals surface area (Å²) in [6.07, 6.45) is 1.42. The minimum atomic E-state index is -0.287. The molecule has 2 aromatic carbocycles. The van der Waals surface area contributed by atoms with Crippen LogP contribution >= 0.6 is 0 Å². The Bertz CT molecular complexity index is 913. The largest absolute Gasteiger partial charge is 0.275 e. The topological polar surface area (TPSA) is 83.7 Å². The van der Waals surface area contributed by atoms with Crippen LogP contribution in [0.15, 0.2) is 76.8 Å². The van der Waals surface area contributed by atoms with Crippen LogP contribution in [0, 0.1) is 0 Å². The van der Waals surface area contributed by atoms with Gasteiger partial charge in [-0.25, -0.2) is 4.68 Å². The molecule has 0 aliphatic rings. The lowest BCUT2D eigenvalue weighted by Crippen LogP contribution is -2.24. The van der Waals surface area contributed by atoms with Crippen molar-refractivity contribution in [1.29, 1.82) is 0 Å². The predicted molar refractivity (Wildman–Crippen MR) is 88.3 cm³/mol. The van der Waals surface area contributed by atoms with Crippen LogP contribution in [0.25, 0.3) is 21.6 Å². The number of azide groups is 1. The van der Waals surface area contributed by atoms with Crippen molar-refractivity contribution in [3.63, 3.8) is 0 Å². The molecule has 0 aliphatic carbocycles. The molecule has 0 saturated carbocycles. The first-order valence-electron chi connectivity index (χ1n) is 7.04. The molecule has 3 rings (SSSR count). The third-order valence-electron chi connectivity index (χ3n) is 3.41. The molecule has 0 saturated heterocycles. The Kier molecular flexibility index (Phi) is 4.18. The Morgan fingerprint density at radius 3 is 2.35 bits per heavy atom. The van der Waals surface area contributed by atoms with Gasteiger partial charge in [0.25, 0.3) is 5.56 Å². The molecule has 23 heavy (non-hydrogen) atoms. The van der Waals surface area contributed by atoms with Crippen molar-refractivity contribution in [2.75, 3.05) is 0 Å². The van der Waals surface area contributed by atoms with Crippen molar-refractivity contribution in [2.24, 2.45) is 5.11 Å². The van der Waals surface area contributed by atoms with Gasteiger partial charge in [-0.3, -0.25) is 4.79 Å². The first kappa shape index (κ1) is 14.6. The second-order valence-corrected chi connectivity index (χ2v) is 4.91. The fraction of sp³-hybridized carbons (Fsp3) is 0.0588. The molecule has 112 valence electrons. The van der Waals surface area contributed by atoms with Gasteiger partial charge in [0.15, 0.2) is 0 Å². The lowest BCUT2D eigenvalue weighted by atomic mass is 10.1. The number of aromatic nitrogens is 2. The molecule has 3 aromatic rings. The number of benzene rings is 2. The molecule has 0 unspecified atom stereocenters. The van der Waals surface area contributed by atoms with Crippen LogP contribution in [0.1, 0.15) is 5.56 Å². The molecule has 0 amide bonds. The van der Waals surface area contributed by atoms with E-state index in [1.807, 2.05) is 48.5 Å². The van der Waals surface area contributed by atoms with Crippen LogP contribution in [0.3, 0.4) is 0 Å². The minimum Gasteiger partial charge on any atom is -0.267 e. The summed E-state index contributed by atoms with van der Waals surface area (Å²) >= 11 is 0. The summed E-state index contributed by atoms with van der Waals surface area (Å²) in [4.78, 5) is 15.6. The number of hydrogen-bond donors (Lipinski definition) is 0. The van der Waals surface area contributed by atoms with Gasteiger partial charge in [0.2, 0.25) is 0 Å². The maximum atomic E-state index is 12.8. The number of hydrogen-bond acceptors (Lipinski definition) is 3. The van der Waals surface area contributed by atoms with Gasteiger partial charge in [-0.1, -0.05) is 65.8 Å². The molecule has 0 bridgehead atoms. The SMILES string of the molecule is [N-]=[N+]=Nc1cnn(Cc2ccccc2)c(=O)c1-c1ccccc1. The molecule has 0 aliphatic heterocycles. The Balaban J connectivity index is 2.14. The lowest BCUT2D eigenvalue weighted by molar-refractivity contribution is 0.641. The van der Waals surface area contributed by atoms with Crippen molar-refractivity contribution in [2.45, 2.75) is 6.54 Å². The van der Waals surface area contributed by atoms with Crippen molar-refractivity contribution in [3.8, 4) is 11.1 Å². The van der Waals surface area contributed by atoms with E-state index in [0.29, 0.717) is 17.7 Å². The summed E-state index contributed by atoms with van der Waals surface area (Å²) in [5, 5.41) is 7.71. The van der Waals surface area contributed by atoms with Gasteiger partial charge in [0, 0.05) is 4.91 Å². The number of nitrogens with zero attached hydrogens (tertiary/aromatic N) is 5. The smallest absolute Gasteiger partial charge is 0.267 e. The maximum Gasteiger partial charge on any atom is 0.275 e. The van der Waals surface area contributed by atoms with Gasteiger partial charge in [0.05, 0.1) is 24.0 Å². The zero-order chi connectivity index (χ0) is 16.1. The van der Waals surface area contributed by atoms with E-state index in [1.54, 1.807) is 12.1 Å². The average molecular weight is 303 g/mol. The highest BCUT2D eigenvalue weighted by molar-refractivity contribution is 5.74. The van der Waals surface area contributed by atoms with Gasteiger partial charge in [-0.15, -0.1) is 0 Å².